The first-order valence-electron chi connectivity index (χ1n) is 2.32. The fourth-order valence-electron chi connectivity index (χ4n) is 0.213. The van der Waals surface area contributed by atoms with Gasteiger partial charge in [0.2, 0.25) is 0 Å². The number of hydrogen-bond acceptors (Lipinski definition) is 3. The monoisotopic (exact) mass is 119 g/mol. The molecule has 0 radical (unpaired) electrons. The molecule has 48 valence electrons. The Hall–Kier alpha value is -0.770. The highest BCUT2D eigenvalue weighted by Crippen LogP contribution is 1.87. The lowest BCUT2D eigenvalue weighted by atomic mass is 10.4. The molecule has 3 N–H and O–H groups in total. The SMILES string of the molecule is CCC(N)OC(=O)O. The molecule has 0 fully saturated rings. The summed E-state index contributed by atoms with van der Waals surface area (Å²) in [7, 11) is 0. The first-order chi connectivity index (χ1) is 3.66. The van der Waals surface area contributed by atoms with Gasteiger partial charge >= 0.3 is 6.16 Å². The number of ether oxygens (including phenoxy) is 1. The van der Waals surface area contributed by atoms with Crippen LogP contribution in [0.1, 0.15) is 13.3 Å². The molecule has 0 heterocycles. The van der Waals surface area contributed by atoms with E-state index in [2.05, 4.69) is 4.74 Å². The third-order valence-corrected chi connectivity index (χ3v) is 0.655. The van der Waals surface area contributed by atoms with Gasteiger partial charge in [0.25, 0.3) is 0 Å². The van der Waals surface area contributed by atoms with Crippen LogP contribution in [0.15, 0.2) is 0 Å². The zero-order chi connectivity index (χ0) is 6.57. The topological polar surface area (TPSA) is 72.5 Å². The van der Waals surface area contributed by atoms with Crippen molar-refractivity contribution < 1.29 is 14.6 Å². The molecule has 0 amide bonds. The largest absolute Gasteiger partial charge is 0.507 e. The Bertz CT molecular complexity index is 83.4. The summed E-state index contributed by atoms with van der Waals surface area (Å²) in [6.45, 7) is 1.74. The van der Waals surface area contributed by atoms with Crippen LogP contribution in [0.4, 0.5) is 4.79 Å². The summed E-state index contributed by atoms with van der Waals surface area (Å²) in [6.07, 6.45) is -1.49. The molecular weight excluding hydrogens is 110 g/mol. The normalized spacial score (nSPS) is 12.8. The van der Waals surface area contributed by atoms with Crippen molar-refractivity contribution in [2.75, 3.05) is 0 Å². The summed E-state index contributed by atoms with van der Waals surface area (Å²) >= 11 is 0. The molecule has 0 saturated carbocycles. The molecule has 0 aliphatic rings. The van der Waals surface area contributed by atoms with Crippen molar-refractivity contribution in [1.82, 2.24) is 0 Å². The van der Waals surface area contributed by atoms with E-state index in [1.807, 2.05) is 0 Å². The standard InChI is InChI=1S/C4H9NO3/c1-2-3(5)8-4(6)7/h3H,2,5H2,1H3,(H,6,7). The smallest absolute Gasteiger partial charge is 0.450 e. The van der Waals surface area contributed by atoms with E-state index in [1.54, 1.807) is 6.92 Å². The molecular formula is C4H9NO3. The average molecular weight is 119 g/mol. The maximum atomic E-state index is 9.67. The molecule has 1 unspecified atom stereocenters. The summed E-state index contributed by atoms with van der Waals surface area (Å²) in [5.74, 6) is 0. The van der Waals surface area contributed by atoms with Gasteiger partial charge in [-0.05, 0) is 6.42 Å². The Morgan fingerprint density at radius 1 is 2.00 bits per heavy atom. The molecule has 0 aromatic rings. The number of rotatable bonds is 2. The Kier molecular flexibility index (Phi) is 2.95. The van der Waals surface area contributed by atoms with Gasteiger partial charge in [0.1, 0.15) is 0 Å². The van der Waals surface area contributed by atoms with Crippen molar-refractivity contribution >= 4 is 6.16 Å². The van der Waals surface area contributed by atoms with E-state index in [0.717, 1.165) is 0 Å². The van der Waals surface area contributed by atoms with Gasteiger partial charge in [0.05, 0.1) is 0 Å². The minimum absolute atomic E-state index is 0.506. The fourth-order valence-corrected chi connectivity index (χ4v) is 0.213. The summed E-state index contributed by atoms with van der Waals surface area (Å²) in [6, 6.07) is 0. The van der Waals surface area contributed by atoms with Crippen molar-refractivity contribution in [1.29, 1.82) is 0 Å². The van der Waals surface area contributed by atoms with E-state index in [0.29, 0.717) is 6.42 Å². The third kappa shape index (κ3) is 3.42. The predicted octanol–water partition coefficient (Wildman–Crippen LogP) is 0.376. The Morgan fingerprint density at radius 2 is 2.50 bits per heavy atom. The molecule has 4 nitrogen and oxygen atoms in total. The van der Waals surface area contributed by atoms with Crippen LogP contribution in [0.25, 0.3) is 0 Å². The highest BCUT2D eigenvalue weighted by molar-refractivity contribution is 5.56. The van der Waals surface area contributed by atoms with Crippen LogP contribution in [-0.2, 0) is 4.74 Å². The molecule has 0 aliphatic heterocycles. The Labute approximate surface area is 47.2 Å². The van der Waals surface area contributed by atoms with Crippen LogP contribution in [0, 0.1) is 0 Å². The maximum Gasteiger partial charge on any atom is 0.507 e. The van der Waals surface area contributed by atoms with E-state index in [9.17, 15) is 4.79 Å². The predicted molar refractivity (Wildman–Crippen MR) is 27.4 cm³/mol. The second-order valence-corrected chi connectivity index (χ2v) is 1.33. The second-order valence-electron chi connectivity index (χ2n) is 1.33. The minimum atomic E-state index is -1.32. The number of carboxylic acid groups (broad SMARTS) is 1. The van der Waals surface area contributed by atoms with Crippen molar-refractivity contribution in [3.8, 4) is 0 Å². The van der Waals surface area contributed by atoms with Gasteiger partial charge in [0, 0.05) is 0 Å². The molecule has 0 spiro atoms. The second kappa shape index (κ2) is 3.26. The zero-order valence-corrected chi connectivity index (χ0v) is 4.63. The van der Waals surface area contributed by atoms with Crippen molar-refractivity contribution in [3.63, 3.8) is 0 Å². The van der Waals surface area contributed by atoms with Crippen LogP contribution in [-0.4, -0.2) is 17.5 Å². The van der Waals surface area contributed by atoms with Crippen LogP contribution in [0.3, 0.4) is 0 Å². The maximum absolute atomic E-state index is 9.67. The molecule has 0 saturated heterocycles. The Morgan fingerprint density at radius 3 is 2.62 bits per heavy atom. The average Bonchev–Trinajstić information content (AvgIpc) is 1.65. The van der Waals surface area contributed by atoms with Gasteiger partial charge in [-0.2, -0.15) is 0 Å². The first-order valence-corrected chi connectivity index (χ1v) is 2.32. The molecule has 4 heteroatoms. The van der Waals surface area contributed by atoms with Gasteiger partial charge in [-0.1, -0.05) is 6.92 Å². The van der Waals surface area contributed by atoms with Gasteiger partial charge < -0.3 is 9.84 Å². The lowest BCUT2D eigenvalue weighted by molar-refractivity contribution is 0.0529. The van der Waals surface area contributed by atoms with E-state index in [-0.39, 0.29) is 0 Å². The molecule has 0 bridgehead atoms. The summed E-state index contributed by atoms with van der Waals surface area (Å²) < 4.78 is 4.09. The van der Waals surface area contributed by atoms with Crippen LogP contribution in [0.5, 0.6) is 0 Å². The van der Waals surface area contributed by atoms with Crippen LogP contribution < -0.4 is 5.73 Å². The highest BCUT2D eigenvalue weighted by atomic mass is 16.7. The summed E-state index contributed by atoms with van der Waals surface area (Å²) in [5, 5.41) is 7.91. The van der Waals surface area contributed by atoms with Crippen molar-refractivity contribution in [2.24, 2.45) is 5.73 Å². The molecule has 0 aliphatic carbocycles. The summed E-state index contributed by atoms with van der Waals surface area (Å²) in [5.41, 5.74) is 5.07. The number of hydrogen-bond donors (Lipinski definition) is 2. The van der Waals surface area contributed by atoms with E-state index in [4.69, 9.17) is 10.8 Å². The van der Waals surface area contributed by atoms with E-state index in [1.165, 1.54) is 0 Å². The first kappa shape index (κ1) is 7.23. The Balaban J connectivity index is 3.24. The van der Waals surface area contributed by atoms with Gasteiger partial charge in [-0.15, -0.1) is 0 Å². The zero-order valence-electron chi connectivity index (χ0n) is 4.63. The van der Waals surface area contributed by atoms with Gasteiger partial charge in [-0.25, -0.2) is 4.79 Å². The van der Waals surface area contributed by atoms with Crippen LogP contribution in [0.2, 0.25) is 0 Å². The van der Waals surface area contributed by atoms with E-state index < -0.39 is 12.4 Å². The van der Waals surface area contributed by atoms with E-state index >= 15 is 0 Å². The number of carbonyl (C=O) groups is 1. The molecule has 0 aromatic carbocycles. The fraction of sp³-hybridized carbons (Fsp3) is 0.750. The summed E-state index contributed by atoms with van der Waals surface area (Å²) in [4.78, 5) is 9.67. The molecule has 0 rings (SSSR count). The minimum Gasteiger partial charge on any atom is -0.450 e. The number of nitrogens with two attached hydrogens (primary N) is 1. The highest BCUT2D eigenvalue weighted by Gasteiger charge is 2.02. The van der Waals surface area contributed by atoms with Gasteiger partial charge in [0.15, 0.2) is 6.23 Å². The van der Waals surface area contributed by atoms with Crippen molar-refractivity contribution in [3.05, 3.63) is 0 Å². The lowest BCUT2D eigenvalue weighted by Crippen LogP contribution is -2.24. The molecule has 8 heavy (non-hydrogen) atoms. The lowest BCUT2D eigenvalue weighted by Gasteiger charge is -2.04. The quantitative estimate of drug-likeness (QED) is 0.407. The molecule has 0 aromatic heterocycles. The van der Waals surface area contributed by atoms with Crippen molar-refractivity contribution in [2.45, 2.75) is 19.6 Å². The van der Waals surface area contributed by atoms with Crippen LogP contribution >= 0.6 is 0 Å². The van der Waals surface area contributed by atoms with Gasteiger partial charge in [-0.3, -0.25) is 5.73 Å². The molecule has 1 atom stereocenters. The third-order valence-electron chi connectivity index (χ3n) is 0.655.